The van der Waals surface area contributed by atoms with Gasteiger partial charge in [0, 0.05) is 24.7 Å². The van der Waals surface area contributed by atoms with Gasteiger partial charge >= 0.3 is 0 Å². The Morgan fingerprint density at radius 3 is 2.56 bits per heavy atom. The van der Waals surface area contributed by atoms with Gasteiger partial charge in [0.2, 0.25) is 10.0 Å². The van der Waals surface area contributed by atoms with Crippen LogP contribution in [-0.2, 0) is 21.3 Å². The fourth-order valence-corrected chi connectivity index (χ4v) is 2.82. The van der Waals surface area contributed by atoms with E-state index < -0.39 is 10.0 Å². The maximum absolute atomic E-state index is 11.3. The second kappa shape index (κ2) is 5.54. The number of rotatable bonds is 3. The normalized spacial score (nSPS) is 17.9. The fourth-order valence-electron chi connectivity index (χ4n) is 1.89. The number of hydrogen-bond acceptors (Lipinski definition) is 4. The summed E-state index contributed by atoms with van der Waals surface area (Å²) >= 11 is 5.91. The molecule has 0 aliphatic carbocycles. The third-order valence-corrected chi connectivity index (χ3v) is 3.88. The average molecular weight is 291 g/mol. The predicted molar refractivity (Wildman–Crippen MR) is 68.9 cm³/mol. The summed E-state index contributed by atoms with van der Waals surface area (Å²) in [5.74, 6) is 0. The van der Waals surface area contributed by atoms with Crippen LogP contribution in [0.4, 0.5) is 0 Å². The second-order valence-corrected chi connectivity index (χ2v) is 6.23. The first-order valence-electron chi connectivity index (χ1n) is 5.57. The molecule has 2 rings (SSSR count). The van der Waals surface area contributed by atoms with Gasteiger partial charge in [0.05, 0.1) is 18.1 Å². The monoisotopic (exact) mass is 290 g/mol. The van der Waals surface area contributed by atoms with Crippen molar-refractivity contribution < 1.29 is 13.2 Å². The van der Waals surface area contributed by atoms with Crippen molar-refractivity contribution in [1.82, 2.24) is 4.90 Å². The number of nitrogens with two attached hydrogens (primary N) is 1. The molecule has 0 unspecified atom stereocenters. The first-order valence-corrected chi connectivity index (χ1v) is 7.50. The van der Waals surface area contributed by atoms with E-state index in [9.17, 15) is 8.42 Å². The number of ether oxygens (including phenoxy) is 1. The van der Waals surface area contributed by atoms with Crippen LogP contribution in [0.25, 0.3) is 0 Å². The van der Waals surface area contributed by atoms with Crippen molar-refractivity contribution in [3.8, 4) is 0 Å². The van der Waals surface area contributed by atoms with E-state index in [0.717, 1.165) is 18.7 Å². The summed E-state index contributed by atoms with van der Waals surface area (Å²) in [7, 11) is -3.72. The van der Waals surface area contributed by atoms with E-state index in [1.165, 1.54) is 6.07 Å². The van der Waals surface area contributed by atoms with E-state index in [1.54, 1.807) is 12.1 Å². The lowest BCUT2D eigenvalue weighted by Gasteiger charge is -2.26. The Kier molecular flexibility index (Phi) is 4.24. The molecule has 1 aliphatic rings. The largest absolute Gasteiger partial charge is 0.379 e. The SMILES string of the molecule is NS(=O)(=O)c1cc(Cl)cc(CN2CCOCC2)c1. The average Bonchev–Trinajstić information content (AvgIpc) is 2.28. The highest BCUT2D eigenvalue weighted by molar-refractivity contribution is 7.89. The Bertz CT molecular complexity index is 527. The number of hydrogen-bond donors (Lipinski definition) is 1. The summed E-state index contributed by atoms with van der Waals surface area (Å²) in [4.78, 5) is 2.24. The quantitative estimate of drug-likeness (QED) is 0.894. The minimum Gasteiger partial charge on any atom is -0.379 e. The molecule has 18 heavy (non-hydrogen) atoms. The molecular weight excluding hydrogens is 276 g/mol. The van der Waals surface area contributed by atoms with Crippen LogP contribution < -0.4 is 5.14 Å². The molecule has 0 bridgehead atoms. The number of sulfonamides is 1. The van der Waals surface area contributed by atoms with Crippen molar-refractivity contribution in [2.75, 3.05) is 26.3 Å². The molecule has 0 aromatic heterocycles. The number of benzene rings is 1. The van der Waals surface area contributed by atoms with Crippen molar-refractivity contribution in [3.63, 3.8) is 0 Å². The van der Waals surface area contributed by atoms with Crippen LogP contribution in [-0.4, -0.2) is 39.6 Å². The van der Waals surface area contributed by atoms with Gasteiger partial charge in [0.25, 0.3) is 0 Å². The zero-order chi connectivity index (χ0) is 13.2. The molecule has 1 aromatic rings. The van der Waals surface area contributed by atoms with Gasteiger partial charge in [-0.2, -0.15) is 0 Å². The van der Waals surface area contributed by atoms with E-state index in [0.29, 0.717) is 24.8 Å². The molecule has 2 N–H and O–H groups in total. The highest BCUT2D eigenvalue weighted by Gasteiger charge is 2.14. The Labute approximate surface area is 112 Å². The van der Waals surface area contributed by atoms with Gasteiger partial charge in [0.1, 0.15) is 0 Å². The van der Waals surface area contributed by atoms with Crippen LogP contribution in [0, 0.1) is 0 Å². The minimum atomic E-state index is -3.72. The van der Waals surface area contributed by atoms with Crippen LogP contribution in [0.15, 0.2) is 23.1 Å². The molecule has 1 heterocycles. The number of halogens is 1. The van der Waals surface area contributed by atoms with E-state index in [1.807, 2.05) is 0 Å². The van der Waals surface area contributed by atoms with Crippen molar-refractivity contribution in [2.45, 2.75) is 11.4 Å². The van der Waals surface area contributed by atoms with E-state index in [2.05, 4.69) is 4.90 Å². The lowest BCUT2D eigenvalue weighted by atomic mass is 10.2. The smallest absolute Gasteiger partial charge is 0.238 e. The first kappa shape index (κ1) is 13.8. The fraction of sp³-hybridized carbons (Fsp3) is 0.455. The lowest BCUT2D eigenvalue weighted by Crippen LogP contribution is -2.35. The molecule has 100 valence electrons. The lowest BCUT2D eigenvalue weighted by molar-refractivity contribution is 0.0341. The van der Waals surface area contributed by atoms with Crippen LogP contribution >= 0.6 is 11.6 Å². The molecule has 7 heteroatoms. The van der Waals surface area contributed by atoms with E-state index in [-0.39, 0.29) is 4.90 Å². The van der Waals surface area contributed by atoms with Crippen LogP contribution in [0.5, 0.6) is 0 Å². The van der Waals surface area contributed by atoms with Crippen molar-refractivity contribution in [1.29, 1.82) is 0 Å². The molecule has 0 amide bonds. The third kappa shape index (κ3) is 3.66. The molecule has 0 saturated carbocycles. The van der Waals surface area contributed by atoms with Crippen molar-refractivity contribution in [2.24, 2.45) is 5.14 Å². The first-order chi connectivity index (χ1) is 8.45. The summed E-state index contributed by atoms with van der Waals surface area (Å²) in [6.07, 6.45) is 0. The second-order valence-electron chi connectivity index (χ2n) is 4.23. The summed E-state index contributed by atoms with van der Waals surface area (Å²) < 4.78 is 27.9. The van der Waals surface area contributed by atoms with Crippen LogP contribution in [0.1, 0.15) is 5.56 Å². The molecule has 1 saturated heterocycles. The predicted octanol–water partition coefficient (Wildman–Crippen LogP) is 0.820. The van der Waals surface area contributed by atoms with Gasteiger partial charge in [0.15, 0.2) is 0 Å². The number of nitrogens with zero attached hydrogens (tertiary/aromatic N) is 1. The summed E-state index contributed by atoms with van der Waals surface area (Å²) in [5.41, 5.74) is 0.841. The Balaban J connectivity index is 2.20. The minimum absolute atomic E-state index is 0.0539. The highest BCUT2D eigenvalue weighted by Crippen LogP contribution is 2.19. The third-order valence-electron chi connectivity index (χ3n) is 2.77. The van der Waals surface area contributed by atoms with Crippen LogP contribution in [0.3, 0.4) is 0 Å². The molecule has 1 aliphatic heterocycles. The van der Waals surface area contributed by atoms with E-state index >= 15 is 0 Å². The summed E-state index contributed by atoms with van der Waals surface area (Å²) in [6, 6.07) is 4.68. The van der Waals surface area contributed by atoms with Crippen molar-refractivity contribution in [3.05, 3.63) is 28.8 Å². The Morgan fingerprint density at radius 1 is 1.28 bits per heavy atom. The number of morpholine rings is 1. The van der Waals surface area contributed by atoms with Gasteiger partial charge < -0.3 is 4.74 Å². The van der Waals surface area contributed by atoms with Crippen molar-refractivity contribution >= 4 is 21.6 Å². The van der Waals surface area contributed by atoms with Gasteiger partial charge in [-0.05, 0) is 23.8 Å². The topological polar surface area (TPSA) is 72.6 Å². The molecule has 5 nitrogen and oxygen atoms in total. The summed E-state index contributed by atoms with van der Waals surface area (Å²) in [6.45, 7) is 3.70. The maximum atomic E-state index is 11.3. The standard InChI is InChI=1S/C11H15ClN2O3S/c12-10-5-9(6-11(7-10)18(13,15)16)8-14-1-3-17-4-2-14/h5-7H,1-4,8H2,(H2,13,15,16). The van der Waals surface area contributed by atoms with Gasteiger partial charge in [-0.25, -0.2) is 13.6 Å². The van der Waals surface area contributed by atoms with E-state index in [4.69, 9.17) is 21.5 Å². The molecule has 0 spiro atoms. The Morgan fingerprint density at radius 2 is 1.94 bits per heavy atom. The maximum Gasteiger partial charge on any atom is 0.238 e. The van der Waals surface area contributed by atoms with Gasteiger partial charge in [-0.1, -0.05) is 11.6 Å². The summed E-state index contributed by atoms with van der Waals surface area (Å²) in [5, 5.41) is 5.49. The molecule has 0 radical (unpaired) electrons. The Hall–Kier alpha value is -0.660. The molecule has 0 atom stereocenters. The molecular formula is C11H15ClN2O3S. The van der Waals surface area contributed by atoms with Crippen LogP contribution in [0.2, 0.25) is 5.02 Å². The highest BCUT2D eigenvalue weighted by atomic mass is 35.5. The molecule has 1 fully saturated rings. The number of primary sulfonamides is 1. The van der Waals surface area contributed by atoms with Gasteiger partial charge in [-0.15, -0.1) is 0 Å². The zero-order valence-corrected chi connectivity index (χ0v) is 11.4. The van der Waals surface area contributed by atoms with Gasteiger partial charge in [-0.3, -0.25) is 4.90 Å². The molecule has 1 aromatic carbocycles. The zero-order valence-electron chi connectivity index (χ0n) is 9.80.